The zero-order chi connectivity index (χ0) is 17.5. The normalized spacial score (nSPS) is 12.1. The number of hydrogen-bond acceptors (Lipinski definition) is 2. The molecule has 0 heterocycles. The number of nitrogens with two attached hydrogens (primary N) is 1. The summed E-state index contributed by atoms with van der Waals surface area (Å²) in [5, 5.41) is 2.59. The third-order valence-electron chi connectivity index (χ3n) is 3.23. The van der Waals surface area contributed by atoms with Gasteiger partial charge >= 0.3 is 6.18 Å². The number of benzene rings is 1. The fourth-order valence-corrected chi connectivity index (χ4v) is 1.90. The molecule has 128 valence electrons. The van der Waals surface area contributed by atoms with Crippen molar-refractivity contribution in [2.45, 2.75) is 20.0 Å². The Hall–Kier alpha value is -2.25. The van der Waals surface area contributed by atoms with Gasteiger partial charge in [-0.15, -0.1) is 0 Å². The van der Waals surface area contributed by atoms with Crippen LogP contribution in [0.2, 0.25) is 0 Å². The van der Waals surface area contributed by atoms with Crippen molar-refractivity contribution in [3.63, 3.8) is 0 Å². The molecule has 0 aromatic heterocycles. The van der Waals surface area contributed by atoms with Crippen LogP contribution >= 0.6 is 0 Å². The molecule has 0 aliphatic carbocycles. The van der Waals surface area contributed by atoms with Crippen LogP contribution in [0, 0.1) is 0 Å². The van der Waals surface area contributed by atoms with Crippen LogP contribution in [0.3, 0.4) is 0 Å². The number of carbonyl (C=O) groups excluding carboxylic acids is 1. The van der Waals surface area contributed by atoms with Gasteiger partial charge < -0.3 is 16.0 Å². The maximum atomic E-state index is 12.4. The lowest BCUT2D eigenvalue weighted by atomic mass is 10.1. The molecule has 1 amide bonds. The molecule has 0 atom stereocenters. The van der Waals surface area contributed by atoms with Crippen LogP contribution in [0.4, 0.5) is 13.2 Å². The summed E-state index contributed by atoms with van der Waals surface area (Å²) in [7, 11) is 0. The molecule has 0 radical (unpaired) electrons. The van der Waals surface area contributed by atoms with Gasteiger partial charge in [0, 0.05) is 25.2 Å². The van der Waals surface area contributed by atoms with Crippen molar-refractivity contribution < 1.29 is 18.0 Å². The van der Waals surface area contributed by atoms with Crippen molar-refractivity contribution in [1.82, 2.24) is 10.2 Å². The smallest absolute Gasteiger partial charge is 0.370 e. The predicted octanol–water partition coefficient (Wildman–Crippen LogP) is 2.09. The van der Waals surface area contributed by atoms with E-state index in [-0.39, 0.29) is 12.1 Å². The van der Waals surface area contributed by atoms with E-state index in [9.17, 15) is 18.0 Å². The third-order valence-corrected chi connectivity index (χ3v) is 3.23. The Bertz CT molecular complexity index is 537. The Morgan fingerprint density at radius 1 is 1.22 bits per heavy atom. The summed E-state index contributed by atoms with van der Waals surface area (Å²) < 4.78 is 37.3. The number of guanidine groups is 1. The third kappa shape index (κ3) is 5.80. The van der Waals surface area contributed by atoms with Gasteiger partial charge in [0.2, 0.25) is 0 Å². The molecule has 0 saturated carbocycles. The Balaban J connectivity index is 2.50. The Morgan fingerprint density at radius 2 is 1.78 bits per heavy atom. The molecule has 5 nitrogen and oxygen atoms in total. The van der Waals surface area contributed by atoms with Gasteiger partial charge in [0.1, 0.15) is 0 Å². The van der Waals surface area contributed by atoms with Crippen LogP contribution in [0.25, 0.3) is 0 Å². The molecule has 3 N–H and O–H groups in total. The average molecular weight is 330 g/mol. The van der Waals surface area contributed by atoms with Crippen molar-refractivity contribution in [3.05, 3.63) is 35.4 Å². The number of halogens is 3. The standard InChI is InChI=1S/C15H21F3N4O/c1-3-22(4-2)14(19)21-10-9-20-13(23)11-5-7-12(8-6-11)15(16,17)18/h5-8H,3-4,9-10H2,1-2H3,(H2,19,21)(H,20,23). The second-order valence-electron chi connectivity index (χ2n) is 4.74. The van der Waals surface area contributed by atoms with Crippen LogP contribution in [0.1, 0.15) is 29.8 Å². The first-order chi connectivity index (χ1) is 10.8. The van der Waals surface area contributed by atoms with Crippen LogP contribution in [0.5, 0.6) is 0 Å². The highest BCUT2D eigenvalue weighted by Crippen LogP contribution is 2.28. The van der Waals surface area contributed by atoms with Gasteiger partial charge in [-0.1, -0.05) is 0 Å². The van der Waals surface area contributed by atoms with Gasteiger partial charge in [0.15, 0.2) is 5.96 Å². The lowest BCUT2D eigenvalue weighted by Crippen LogP contribution is -2.37. The number of amides is 1. The molecule has 23 heavy (non-hydrogen) atoms. The molecular weight excluding hydrogens is 309 g/mol. The van der Waals surface area contributed by atoms with Gasteiger partial charge in [-0.2, -0.15) is 13.2 Å². The maximum absolute atomic E-state index is 12.4. The van der Waals surface area contributed by atoms with E-state index in [1.165, 1.54) is 0 Å². The first kappa shape index (κ1) is 18.8. The maximum Gasteiger partial charge on any atom is 0.416 e. The van der Waals surface area contributed by atoms with E-state index in [1.807, 2.05) is 18.7 Å². The van der Waals surface area contributed by atoms with E-state index in [0.717, 1.165) is 37.4 Å². The molecule has 0 fully saturated rings. The molecular formula is C15H21F3N4O. The molecule has 1 aromatic carbocycles. The second-order valence-corrected chi connectivity index (χ2v) is 4.74. The molecule has 0 saturated heterocycles. The van der Waals surface area contributed by atoms with Crippen molar-refractivity contribution in [3.8, 4) is 0 Å². The van der Waals surface area contributed by atoms with Gasteiger partial charge in [-0.25, -0.2) is 0 Å². The number of nitrogens with zero attached hydrogens (tertiary/aromatic N) is 2. The van der Waals surface area contributed by atoms with Gasteiger partial charge in [0.05, 0.1) is 12.1 Å². The van der Waals surface area contributed by atoms with Crippen molar-refractivity contribution in [2.75, 3.05) is 26.2 Å². The summed E-state index contributed by atoms with van der Waals surface area (Å²) in [4.78, 5) is 17.8. The largest absolute Gasteiger partial charge is 0.416 e. The minimum Gasteiger partial charge on any atom is -0.370 e. The summed E-state index contributed by atoms with van der Waals surface area (Å²) in [5.74, 6) is -0.0471. The van der Waals surface area contributed by atoms with Crippen molar-refractivity contribution >= 4 is 11.9 Å². The highest BCUT2D eigenvalue weighted by atomic mass is 19.4. The SMILES string of the molecule is CCN(CC)C(N)=NCCNC(=O)c1ccc(C(F)(F)F)cc1. The minimum atomic E-state index is -4.41. The zero-order valence-electron chi connectivity index (χ0n) is 13.2. The van der Waals surface area contributed by atoms with Crippen LogP contribution in [-0.4, -0.2) is 42.9 Å². The number of hydrogen-bond donors (Lipinski definition) is 2. The molecule has 0 aliphatic rings. The van der Waals surface area contributed by atoms with E-state index in [2.05, 4.69) is 10.3 Å². The summed E-state index contributed by atoms with van der Waals surface area (Å²) >= 11 is 0. The van der Waals surface area contributed by atoms with Crippen molar-refractivity contribution in [1.29, 1.82) is 0 Å². The molecule has 0 spiro atoms. The highest BCUT2D eigenvalue weighted by Gasteiger charge is 2.30. The highest BCUT2D eigenvalue weighted by molar-refractivity contribution is 5.94. The predicted molar refractivity (Wildman–Crippen MR) is 83.2 cm³/mol. The topological polar surface area (TPSA) is 70.7 Å². The number of rotatable bonds is 6. The first-order valence-electron chi connectivity index (χ1n) is 7.29. The minimum absolute atomic E-state index is 0.165. The number of aliphatic imine (C=N–C) groups is 1. The average Bonchev–Trinajstić information content (AvgIpc) is 2.52. The Labute approximate surface area is 133 Å². The zero-order valence-corrected chi connectivity index (χ0v) is 13.2. The van der Waals surface area contributed by atoms with Gasteiger partial charge in [0.25, 0.3) is 5.91 Å². The lowest BCUT2D eigenvalue weighted by Gasteiger charge is -2.19. The van der Waals surface area contributed by atoms with Gasteiger partial charge in [-0.3, -0.25) is 9.79 Å². The summed E-state index contributed by atoms with van der Waals surface area (Å²) in [6, 6.07) is 4.05. The number of alkyl halides is 3. The van der Waals surface area contributed by atoms with E-state index >= 15 is 0 Å². The van der Waals surface area contributed by atoms with E-state index in [4.69, 9.17) is 5.73 Å². The summed E-state index contributed by atoms with van der Waals surface area (Å²) in [6.45, 7) is 5.94. The molecule has 1 aromatic rings. The van der Waals surface area contributed by atoms with Crippen LogP contribution in [-0.2, 0) is 6.18 Å². The Morgan fingerprint density at radius 3 is 2.26 bits per heavy atom. The lowest BCUT2D eigenvalue weighted by molar-refractivity contribution is -0.137. The molecule has 1 rings (SSSR count). The number of carbonyl (C=O) groups is 1. The van der Waals surface area contributed by atoms with Gasteiger partial charge in [-0.05, 0) is 38.1 Å². The van der Waals surface area contributed by atoms with Crippen LogP contribution < -0.4 is 11.1 Å². The Kier molecular flexibility index (Phi) is 6.87. The second kappa shape index (κ2) is 8.40. The van der Waals surface area contributed by atoms with E-state index < -0.39 is 17.6 Å². The molecule has 0 unspecified atom stereocenters. The fourth-order valence-electron chi connectivity index (χ4n) is 1.90. The summed E-state index contributed by atoms with van der Waals surface area (Å²) in [6.07, 6.45) is -4.41. The van der Waals surface area contributed by atoms with Crippen molar-refractivity contribution in [2.24, 2.45) is 10.7 Å². The summed E-state index contributed by atoms with van der Waals surface area (Å²) in [5.41, 5.74) is 5.16. The quantitative estimate of drug-likeness (QED) is 0.477. The molecule has 8 heteroatoms. The van der Waals surface area contributed by atoms with E-state index in [0.29, 0.717) is 12.5 Å². The molecule has 0 aliphatic heterocycles. The fraction of sp³-hybridized carbons (Fsp3) is 0.467. The molecule has 0 bridgehead atoms. The van der Waals surface area contributed by atoms with Crippen LogP contribution in [0.15, 0.2) is 29.3 Å². The van der Waals surface area contributed by atoms with E-state index in [1.54, 1.807) is 0 Å². The first-order valence-corrected chi connectivity index (χ1v) is 7.29. The number of nitrogens with one attached hydrogen (secondary N) is 1. The monoisotopic (exact) mass is 330 g/mol.